The van der Waals surface area contributed by atoms with E-state index in [1.807, 2.05) is 18.2 Å². The van der Waals surface area contributed by atoms with Crippen molar-refractivity contribution < 1.29 is 35.9 Å². The van der Waals surface area contributed by atoms with Gasteiger partial charge in [-0.2, -0.15) is 26.3 Å². The zero-order chi connectivity index (χ0) is 26.7. The molecule has 0 aliphatic carbocycles. The van der Waals surface area contributed by atoms with Crippen molar-refractivity contribution in [1.29, 1.82) is 0 Å². The standard InChI is InChI=1S/C25H23F6N3O2/c1-3-32-22(35)9-8-19(12-16-14-33-21-7-5-4-6-20(16)21)34(2)23(36)15-10-17(24(26,27)28)13-18(11-15)25(29,30)31/h4-11,13-14,19,33H,3,12H2,1-2H3,(H,32,35). The molecule has 11 heteroatoms. The number of carbonyl (C=O) groups excluding carboxylic acids is 2. The molecule has 1 atom stereocenters. The Morgan fingerprint density at radius 1 is 1.03 bits per heavy atom. The van der Waals surface area contributed by atoms with Gasteiger partial charge in [-0.25, -0.2) is 0 Å². The third-order valence-corrected chi connectivity index (χ3v) is 5.58. The first-order valence-electron chi connectivity index (χ1n) is 10.9. The minimum absolute atomic E-state index is 0.0325. The lowest BCUT2D eigenvalue weighted by Gasteiger charge is -2.26. The Hall–Kier alpha value is -3.76. The summed E-state index contributed by atoms with van der Waals surface area (Å²) in [6.07, 6.45) is -5.76. The van der Waals surface area contributed by atoms with E-state index < -0.39 is 46.9 Å². The fraction of sp³-hybridized carbons (Fsp3) is 0.280. The molecule has 1 heterocycles. The summed E-state index contributed by atoms with van der Waals surface area (Å²) < 4.78 is 79.7. The van der Waals surface area contributed by atoms with E-state index >= 15 is 0 Å². The number of H-pyrrole nitrogens is 1. The summed E-state index contributed by atoms with van der Waals surface area (Å²) in [4.78, 5) is 29.2. The van der Waals surface area contributed by atoms with Crippen molar-refractivity contribution in [2.75, 3.05) is 13.6 Å². The minimum Gasteiger partial charge on any atom is -0.361 e. The van der Waals surface area contributed by atoms with Gasteiger partial charge in [-0.3, -0.25) is 9.59 Å². The number of amides is 2. The van der Waals surface area contributed by atoms with Gasteiger partial charge < -0.3 is 15.2 Å². The predicted molar refractivity (Wildman–Crippen MR) is 122 cm³/mol. The molecule has 2 amide bonds. The predicted octanol–water partition coefficient (Wildman–Crippen LogP) is 5.58. The number of halogens is 6. The van der Waals surface area contributed by atoms with Crippen LogP contribution in [0.3, 0.4) is 0 Å². The quantitative estimate of drug-likeness (QED) is 0.321. The van der Waals surface area contributed by atoms with Gasteiger partial charge in [0.2, 0.25) is 5.91 Å². The summed E-state index contributed by atoms with van der Waals surface area (Å²) in [6, 6.07) is 7.17. The fourth-order valence-electron chi connectivity index (χ4n) is 3.72. The number of benzene rings is 2. The van der Waals surface area contributed by atoms with E-state index in [1.54, 1.807) is 19.2 Å². The molecule has 0 bridgehead atoms. The average Bonchev–Trinajstić information content (AvgIpc) is 3.22. The highest BCUT2D eigenvalue weighted by Gasteiger charge is 2.38. The molecular formula is C25H23F6N3O2. The number of hydrogen-bond donors (Lipinski definition) is 2. The fourth-order valence-corrected chi connectivity index (χ4v) is 3.72. The first-order valence-corrected chi connectivity index (χ1v) is 10.9. The number of aromatic amines is 1. The SMILES string of the molecule is CCNC(=O)C=CC(Cc1c[nH]c2ccccc12)N(C)C(=O)c1cc(C(F)(F)F)cc(C(F)(F)F)c1. The van der Waals surface area contributed by atoms with Gasteiger partial charge >= 0.3 is 12.4 Å². The molecule has 0 spiro atoms. The third-order valence-electron chi connectivity index (χ3n) is 5.58. The summed E-state index contributed by atoms with van der Waals surface area (Å²) in [6.45, 7) is 2.05. The lowest BCUT2D eigenvalue weighted by atomic mass is 10.0. The second kappa shape index (κ2) is 10.5. The Kier molecular flexibility index (Phi) is 7.80. The molecule has 3 aromatic rings. The van der Waals surface area contributed by atoms with Crippen LogP contribution in [0.2, 0.25) is 0 Å². The largest absolute Gasteiger partial charge is 0.416 e. The lowest BCUT2D eigenvalue weighted by molar-refractivity contribution is -0.143. The van der Waals surface area contributed by atoms with E-state index in [0.717, 1.165) is 21.4 Å². The Bertz CT molecular complexity index is 1240. The monoisotopic (exact) mass is 511 g/mol. The van der Waals surface area contributed by atoms with Crippen LogP contribution in [0.5, 0.6) is 0 Å². The molecule has 0 fully saturated rings. The average molecular weight is 511 g/mol. The number of para-hydroxylation sites is 1. The molecule has 192 valence electrons. The van der Waals surface area contributed by atoms with E-state index in [2.05, 4.69) is 10.3 Å². The molecule has 0 aliphatic rings. The molecule has 1 aromatic heterocycles. The summed E-state index contributed by atoms with van der Waals surface area (Å²) in [5.74, 6) is -1.52. The van der Waals surface area contributed by atoms with Gasteiger partial charge in [0.05, 0.1) is 17.2 Å². The molecule has 36 heavy (non-hydrogen) atoms. The first-order chi connectivity index (χ1) is 16.8. The van der Waals surface area contributed by atoms with Crippen LogP contribution in [0.15, 0.2) is 60.8 Å². The van der Waals surface area contributed by atoms with E-state index in [9.17, 15) is 35.9 Å². The van der Waals surface area contributed by atoms with Gasteiger partial charge in [0.15, 0.2) is 0 Å². The van der Waals surface area contributed by atoms with E-state index in [0.29, 0.717) is 18.7 Å². The Labute approximate surface area is 202 Å². The first kappa shape index (κ1) is 26.8. The van der Waals surface area contributed by atoms with E-state index in [-0.39, 0.29) is 12.5 Å². The number of fused-ring (bicyclic) bond motifs is 1. The number of aromatic nitrogens is 1. The molecule has 0 saturated heterocycles. The Balaban J connectivity index is 2.01. The summed E-state index contributed by atoms with van der Waals surface area (Å²) in [5.41, 5.74) is -2.38. The number of hydrogen-bond acceptors (Lipinski definition) is 2. The number of alkyl halides is 6. The third kappa shape index (κ3) is 6.27. The lowest BCUT2D eigenvalue weighted by Crippen LogP contribution is -2.38. The van der Waals surface area contributed by atoms with Gasteiger partial charge in [0, 0.05) is 42.3 Å². The van der Waals surface area contributed by atoms with E-state index in [4.69, 9.17) is 0 Å². The van der Waals surface area contributed by atoms with Crippen LogP contribution >= 0.6 is 0 Å². The smallest absolute Gasteiger partial charge is 0.361 e. The van der Waals surface area contributed by atoms with Crippen molar-refractivity contribution in [3.8, 4) is 0 Å². The number of rotatable bonds is 7. The van der Waals surface area contributed by atoms with Crippen molar-refractivity contribution >= 4 is 22.7 Å². The zero-order valence-corrected chi connectivity index (χ0v) is 19.3. The van der Waals surface area contributed by atoms with Gasteiger partial charge in [-0.1, -0.05) is 24.3 Å². The molecule has 0 saturated carbocycles. The maximum atomic E-state index is 13.3. The number of nitrogens with zero attached hydrogens (tertiary/aromatic N) is 1. The summed E-state index contributed by atoms with van der Waals surface area (Å²) in [7, 11) is 1.26. The molecule has 0 aliphatic heterocycles. The second-order valence-electron chi connectivity index (χ2n) is 8.10. The number of nitrogens with one attached hydrogen (secondary N) is 2. The van der Waals surface area contributed by atoms with Crippen molar-refractivity contribution in [3.05, 3.63) is 83.1 Å². The van der Waals surface area contributed by atoms with Gasteiger partial charge in [0.1, 0.15) is 0 Å². The maximum absolute atomic E-state index is 13.3. The zero-order valence-electron chi connectivity index (χ0n) is 19.3. The van der Waals surface area contributed by atoms with Gasteiger partial charge in [0.25, 0.3) is 5.91 Å². The highest BCUT2D eigenvalue weighted by atomic mass is 19.4. The number of likely N-dealkylation sites (N-methyl/N-ethyl adjacent to an activating group) is 2. The van der Waals surface area contributed by atoms with E-state index in [1.165, 1.54) is 19.2 Å². The topological polar surface area (TPSA) is 65.2 Å². The van der Waals surface area contributed by atoms with Gasteiger partial charge in [-0.15, -0.1) is 0 Å². The van der Waals surface area contributed by atoms with Gasteiger partial charge in [-0.05, 0) is 43.2 Å². The molecule has 2 N–H and O–H groups in total. The van der Waals surface area contributed by atoms with Crippen molar-refractivity contribution in [2.24, 2.45) is 0 Å². The second-order valence-corrected chi connectivity index (χ2v) is 8.10. The molecule has 1 unspecified atom stereocenters. The summed E-state index contributed by atoms with van der Waals surface area (Å²) in [5, 5.41) is 3.38. The van der Waals surface area contributed by atoms with Crippen LogP contribution in [0.1, 0.15) is 34.0 Å². The number of carbonyl (C=O) groups is 2. The highest BCUT2D eigenvalue weighted by Crippen LogP contribution is 2.36. The van der Waals surface area contributed by atoms with Crippen LogP contribution in [-0.4, -0.2) is 41.3 Å². The van der Waals surface area contributed by atoms with Crippen molar-refractivity contribution in [1.82, 2.24) is 15.2 Å². The molecular weight excluding hydrogens is 488 g/mol. The minimum atomic E-state index is -5.09. The van der Waals surface area contributed by atoms with Crippen LogP contribution in [0, 0.1) is 0 Å². The van der Waals surface area contributed by atoms with Crippen molar-refractivity contribution in [3.63, 3.8) is 0 Å². The molecule has 5 nitrogen and oxygen atoms in total. The van der Waals surface area contributed by atoms with Crippen LogP contribution in [0.25, 0.3) is 10.9 Å². The summed E-state index contributed by atoms with van der Waals surface area (Å²) >= 11 is 0. The van der Waals surface area contributed by atoms with Crippen LogP contribution < -0.4 is 5.32 Å². The molecule has 3 rings (SSSR count). The molecule has 0 radical (unpaired) electrons. The molecule has 2 aromatic carbocycles. The van der Waals surface area contributed by atoms with Crippen LogP contribution in [-0.2, 0) is 23.6 Å². The maximum Gasteiger partial charge on any atom is 0.416 e. The highest BCUT2D eigenvalue weighted by molar-refractivity contribution is 5.95. The Morgan fingerprint density at radius 2 is 1.64 bits per heavy atom. The van der Waals surface area contributed by atoms with Crippen LogP contribution in [0.4, 0.5) is 26.3 Å². The normalized spacial score (nSPS) is 13.2. The Morgan fingerprint density at radius 3 is 2.22 bits per heavy atom. The van der Waals surface area contributed by atoms with Crippen molar-refractivity contribution in [2.45, 2.75) is 31.7 Å².